The summed E-state index contributed by atoms with van der Waals surface area (Å²) >= 11 is 0. The first-order valence-corrected chi connectivity index (χ1v) is 3.88. The van der Waals surface area contributed by atoms with Crippen molar-refractivity contribution in [2.24, 2.45) is 0 Å². The minimum Gasteiger partial charge on any atom is -0.491 e. The lowest BCUT2D eigenvalue weighted by atomic mass is 10.1. The molecule has 0 aliphatic heterocycles. The molecule has 0 aromatic heterocycles. The summed E-state index contributed by atoms with van der Waals surface area (Å²) in [6.45, 7) is 1.25. The molecule has 1 aromatic carbocycles. The summed E-state index contributed by atoms with van der Waals surface area (Å²) in [5.41, 5.74) is -0.333. The Hall–Kier alpha value is -1.23. The van der Waals surface area contributed by atoms with Crippen molar-refractivity contribution < 1.29 is 23.0 Å². The quantitative estimate of drug-likeness (QED) is 0.751. The van der Waals surface area contributed by atoms with Crippen LogP contribution in [0.1, 0.15) is 18.6 Å². The number of hydrogen-bond donors (Lipinski definition) is 1. The molecule has 0 aliphatic rings. The summed E-state index contributed by atoms with van der Waals surface area (Å²) in [7, 11) is 1.02. The summed E-state index contributed by atoms with van der Waals surface area (Å²) in [5, 5.41) is 9.06. The van der Waals surface area contributed by atoms with E-state index in [1.807, 2.05) is 0 Å². The third kappa shape index (κ3) is 1.68. The van der Waals surface area contributed by atoms with Crippen molar-refractivity contribution in [1.82, 2.24) is 0 Å². The van der Waals surface area contributed by atoms with E-state index in [9.17, 15) is 13.2 Å². The standard InChI is InChI=1S/C9H9F3O2/c1-4(13)5-3-6(10)8(12)9(14-2)7(5)11/h3-4,13H,1-2H3. The maximum absolute atomic E-state index is 13.3. The Labute approximate surface area is 78.9 Å². The second kappa shape index (κ2) is 3.88. The van der Waals surface area contributed by atoms with Crippen LogP contribution in [0.3, 0.4) is 0 Å². The molecular formula is C9H9F3O2. The van der Waals surface area contributed by atoms with Crippen LogP contribution in [0.2, 0.25) is 0 Å². The fraction of sp³-hybridized carbons (Fsp3) is 0.333. The summed E-state index contributed by atoms with van der Waals surface area (Å²) < 4.78 is 43.3. The van der Waals surface area contributed by atoms with Crippen molar-refractivity contribution in [3.05, 3.63) is 29.1 Å². The molecule has 2 nitrogen and oxygen atoms in total. The van der Waals surface area contributed by atoms with Crippen LogP contribution < -0.4 is 4.74 Å². The number of ether oxygens (including phenoxy) is 1. The Morgan fingerprint density at radius 2 is 1.86 bits per heavy atom. The number of hydrogen-bond acceptors (Lipinski definition) is 2. The molecule has 1 aromatic rings. The second-order valence-electron chi connectivity index (χ2n) is 2.78. The van der Waals surface area contributed by atoms with Crippen LogP contribution in [-0.2, 0) is 0 Å². The van der Waals surface area contributed by atoms with Crippen LogP contribution in [0.5, 0.6) is 5.75 Å². The van der Waals surface area contributed by atoms with Gasteiger partial charge in [-0.05, 0) is 13.0 Å². The average molecular weight is 206 g/mol. The largest absolute Gasteiger partial charge is 0.491 e. The van der Waals surface area contributed by atoms with Crippen molar-refractivity contribution >= 4 is 0 Å². The fourth-order valence-corrected chi connectivity index (χ4v) is 1.08. The summed E-state index contributed by atoms with van der Waals surface area (Å²) in [6.07, 6.45) is -1.22. The van der Waals surface area contributed by atoms with Gasteiger partial charge in [0.25, 0.3) is 0 Å². The van der Waals surface area contributed by atoms with Crippen LogP contribution in [0.4, 0.5) is 13.2 Å². The number of aliphatic hydroxyl groups is 1. The van der Waals surface area contributed by atoms with E-state index in [1.54, 1.807) is 0 Å². The van der Waals surface area contributed by atoms with Crippen molar-refractivity contribution in [2.75, 3.05) is 7.11 Å². The first-order chi connectivity index (χ1) is 6.49. The van der Waals surface area contributed by atoms with Gasteiger partial charge in [0.05, 0.1) is 13.2 Å². The van der Waals surface area contributed by atoms with Gasteiger partial charge in [-0.3, -0.25) is 0 Å². The topological polar surface area (TPSA) is 29.5 Å². The zero-order valence-electron chi connectivity index (χ0n) is 7.64. The number of benzene rings is 1. The minimum atomic E-state index is -1.39. The van der Waals surface area contributed by atoms with Crippen LogP contribution >= 0.6 is 0 Å². The molecule has 0 saturated carbocycles. The minimum absolute atomic E-state index is 0.333. The highest BCUT2D eigenvalue weighted by Crippen LogP contribution is 2.29. The normalized spacial score (nSPS) is 12.7. The molecule has 0 saturated heterocycles. The van der Waals surface area contributed by atoms with Gasteiger partial charge >= 0.3 is 0 Å². The predicted octanol–water partition coefficient (Wildman–Crippen LogP) is 2.17. The predicted molar refractivity (Wildman–Crippen MR) is 43.5 cm³/mol. The van der Waals surface area contributed by atoms with Crippen molar-refractivity contribution in [1.29, 1.82) is 0 Å². The van der Waals surface area contributed by atoms with Gasteiger partial charge in [0, 0.05) is 5.56 Å². The van der Waals surface area contributed by atoms with Gasteiger partial charge in [0.15, 0.2) is 17.4 Å². The molecule has 1 atom stereocenters. The number of aliphatic hydroxyl groups excluding tert-OH is 1. The zero-order chi connectivity index (χ0) is 10.9. The molecule has 1 unspecified atom stereocenters. The highest BCUT2D eigenvalue weighted by Gasteiger charge is 2.21. The van der Waals surface area contributed by atoms with Gasteiger partial charge in [-0.15, -0.1) is 0 Å². The molecule has 78 valence electrons. The molecule has 0 heterocycles. The molecule has 5 heteroatoms. The van der Waals surface area contributed by atoms with E-state index < -0.39 is 29.3 Å². The molecule has 0 aliphatic carbocycles. The maximum Gasteiger partial charge on any atom is 0.203 e. The third-order valence-electron chi connectivity index (χ3n) is 1.80. The molecule has 1 N–H and O–H groups in total. The van der Waals surface area contributed by atoms with Crippen molar-refractivity contribution in [2.45, 2.75) is 13.0 Å². The van der Waals surface area contributed by atoms with E-state index in [-0.39, 0.29) is 5.56 Å². The molecule has 0 fully saturated rings. The van der Waals surface area contributed by atoms with Gasteiger partial charge in [-0.25, -0.2) is 8.78 Å². The van der Waals surface area contributed by atoms with Crippen LogP contribution in [0, 0.1) is 17.5 Å². The van der Waals surface area contributed by atoms with E-state index in [4.69, 9.17) is 5.11 Å². The zero-order valence-corrected chi connectivity index (χ0v) is 7.64. The Bertz CT molecular complexity index is 350. The average Bonchev–Trinajstić information content (AvgIpc) is 2.12. The maximum atomic E-state index is 13.3. The lowest BCUT2D eigenvalue weighted by Gasteiger charge is -2.11. The van der Waals surface area contributed by atoms with E-state index >= 15 is 0 Å². The highest BCUT2D eigenvalue weighted by atomic mass is 19.2. The molecule has 1 rings (SSSR count). The molecule has 0 amide bonds. The van der Waals surface area contributed by atoms with E-state index in [2.05, 4.69) is 4.74 Å². The van der Waals surface area contributed by atoms with E-state index in [1.165, 1.54) is 6.92 Å². The molecule has 0 bridgehead atoms. The summed E-state index contributed by atoms with van der Waals surface area (Å²) in [4.78, 5) is 0. The molecule has 0 radical (unpaired) electrons. The Balaban J connectivity index is 3.42. The number of methoxy groups -OCH3 is 1. The van der Waals surface area contributed by atoms with Gasteiger partial charge in [-0.1, -0.05) is 0 Å². The number of rotatable bonds is 2. The van der Waals surface area contributed by atoms with Crippen LogP contribution in [0.15, 0.2) is 6.07 Å². The first-order valence-electron chi connectivity index (χ1n) is 3.88. The van der Waals surface area contributed by atoms with Crippen molar-refractivity contribution in [3.8, 4) is 5.75 Å². The van der Waals surface area contributed by atoms with Gasteiger partial charge in [-0.2, -0.15) is 4.39 Å². The SMILES string of the molecule is COc1c(F)c(F)cc(C(C)O)c1F. The van der Waals surface area contributed by atoms with E-state index in [0.29, 0.717) is 6.07 Å². The van der Waals surface area contributed by atoms with Gasteiger partial charge in [0.2, 0.25) is 5.82 Å². The van der Waals surface area contributed by atoms with Crippen LogP contribution in [-0.4, -0.2) is 12.2 Å². The fourth-order valence-electron chi connectivity index (χ4n) is 1.08. The summed E-state index contributed by atoms with van der Waals surface area (Å²) in [6, 6.07) is 0.609. The number of halogens is 3. The first kappa shape index (κ1) is 10.8. The highest BCUT2D eigenvalue weighted by molar-refractivity contribution is 5.34. The molecule has 0 spiro atoms. The van der Waals surface area contributed by atoms with E-state index in [0.717, 1.165) is 7.11 Å². The third-order valence-corrected chi connectivity index (χ3v) is 1.80. The smallest absolute Gasteiger partial charge is 0.203 e. The monoisotopic (exact) mass is 206 g/mol. The van der Waals surface area contributed by atoms with Gasteiger partial charge in [0.1, 0.15) is 0 Å². The molecule has 14 heavy (non-hydrogen) atoms. The van der Waals surface area contributed by atoms with Crippen LogP contribution in [0.25, 0.3) is 0 Å². The Kier molecular flexibility index (Phi) is 3.00. The lowest BCUT2D eigenvalue weighted by Crippen LogP contribution is -2.03. The molecular weight excluding hydrogens is 197 g/mol. The Morgan fingerprint density at radius 3 is 2.29 bits per heavy atom. The van der Waals surface area contributed by atoms with Crippen molar-refractivity contribution in [3.63, 3.8) is 0 Å². The Morgan fingerprint density at radius 1 is 1.29 bits per heavy atom. The summed E-state index contributed by atoms with van der Waals surface area (Å²) in [5.74, 6) is -4.55. The second-order valence-corrected chi connectivity index (χ2v) is 2.78. The lowest BCUT2D eigenvalue weighted by molar-refractivity contribution is 0.191. The van der Waals surface area contributed by atoms with Gasteiger partial charge < -0.3 is 9.84 Å².